The highest BCUT2D eigenvalue weighted by Gasteiger charge is 2.15. The second-order valence-corrected chi connectivity index (χ2v) is 5.18. The van der Waals surface area contributed by atoms with Crippen molar-refractivity contribution in [2.24, 2.45) is 0 Å². The van der Waals surface area contributed by atoms with Crippen LogP contribution in [0.25, 0.3) is 0 Å². The third kappa shape index (κ3) is 3.30. The summed E-state index contributed by atoms with van der Waals surface area (Å²) in [7, 11) is 0. The Balaban J connectivity index is 1.70. The third-order valence-corrected chi connectivity index (χ3v) is 3.54. The van der Waals surface area contributed by atoms with Gasteiger partial charge in [0.2, 0.25) is 5.95 Å². The van der Waals surface area contributed by atoms with Crippen molar-refractivity contribution in [1.82, 2.24) is 20.3 Å². The molecule has 0 bridgehead atoms. The molecule has 3 heterocycles. The highest BCUT2D eigenvalue weighted by atomic mass is 16.1. The van der Waals surface area contributed by atoms with Crippen LogP contribution in [0.3, 0.4) is 0 Å². The van der Waals surface area contributed by atoms with Crippen molar-refractivity contribution in [1.29, 1.82) is 0 Å². The van der Waals surface area contributed by atoms with Gasteiger partial charge in [-0.3, -0.25) is 19.6 Å². The van der Waals surface area contributed by atoms with E-state index in [-0.39, 0.29) is 18.0 Å². The highest BCUT2D eigenvalue weighted by molar-refractivity contribution is 5.93. The Morgan fingerprint density at radius 1 is 1.36 bits per heavy atom. The number of nitrogens with one attached hydrogen (secondary N) is 2. The molecule has 1 amide bonds. The Morgan fingerprint density at radius 2 is 2.18 bits per heavy atom. The summed E-state index contributed by atoms with van der Waals surface area (Å²) in [6, 6.07) is 4.79. The van der Waals surface area contributed by atoms with E-state index in [1.807, 2.05) is 4.90 Å². The van der Waals surface area contributed by atoms with Gasteiger partial charge in [-0.05, 0) is 25.0 Å². The van der Waals surface area contributed by atoms with Crippen molar-refractivity contribution in [3.05, 3.63) is 52.2 Å². The molecule has 2 N–H and O–H groups in total. The number of aromatic nitrogens is 3. The van der Waals surface area contributed by atoms with Crippen molar-refractivity contribution < 1.29 is 4.79 Å². The SMILES string of the molecule is O=C(NCc1cc(=O)[nH]c(N2CCCC2)n1)c1cccnc1. The number of hydrogen-bond acceptors (Lipinski definition) is 5. The van der Waals surface area contributed by atoms with E-state index >= 15 is 0 Å². The Morgan fingerprint density at radius 3 is 2.91 bits per heavy atom. The van der Waals surface area contributed by atoms with Crippen LogP contribution in [0.5, 0.6) is 0 Å². The molecule has 0 unspecified atom stereocenters. The fraction of sp³-hybridized carbons (Fsp3) is 0.333. The number of nitrogens with zero attached hydrogens (tertiary/aromatic N) is 3. The number of anilines is 1. The van der Waals surface area contributed by atoms with Crippen molar-refractivity contribution in [3.8, 4) is 0 Å². The van der Waals surface area contributed by atoms with Crippen LogP contribution in [-0.2, 0) is 6.54 Å². The monoisotopic (exact) mass is 299 g/mol. The van der Waals surface area contributed by atoms with Gasteiger partial charge < -0.3 is 10.2 Å². The van der Waals surface area contributed by atoms with Gasteiger partial charge in [-0.1, -0.05) is 0 Å². The molecule has 2 aromatic rings. The zero-order valence-corrected chi connectivity index (χ0v) is 12.1. The van der Waals surface area contributed by atoms with Gasteiger partial charge >= 0.3 is 0 Å². The van der Waals surface area contributed by atoms with E-state index in [1.165, 1.54) is 12.3 Å². The van der Waals surface area contributed by atoms with Crippen LogP contribution in [-0.4, -0.2) is 33.9 Å². The molecule has 0 spiro atoms. The maximum Gasteiger partial charge on any atom is 0.253 e. The first-order valence-electron chi connectivity index (χ1n) is 7.26. The summed E-state index contributed by atoms with van der Waals surface area (Å²) in [6.07, 6.45) is 5.31. The maximum absolute atomic E-state index is 12.0. The van der Waals surface area contributed by atoms with E-state index in [0.29, 0.717) is 17.2 Å². The molecule has 0 saturated carbocycles. The van der Waals surface area contributed by atoms with E-state index in [0.717, 1.165) is 25.9 Å². The summed E-state index contributed by atoms with van der Waals surface area (Å²) in [5, 5.41) is 2.75. The second-order valence-electron chi connectivity index (χ2n) is 5.18. The minimum absolute atomic E-state index is 0.206. The largest absolute Gasteiger partial charge is 0.346 e. The van der Waals surface area contributed by atoms with Crippen LogP contribution in [0.2, 0.25) is 0 Å². The average molecular weight is 299 g/mol. The second kappa shape index (κ2) is 6.38. The quantitative estimate of drug-likeness (QED) is 0.867. The predicted octanol–water partition coefficient (Wildman–Crippen LogP) is 0.695. The van der Waals surface area contributed by atoms with Crippen LogP contribution in [0.4, 0.5) is 5.95 Å². The fourth-order valence-electron chi connectivity index (χ4n) is 2.43. The molecule has 1 saturated heterocycles. The summed E-state index contributed by atoms with van der Waals surface area (Å²) in [5.41, 5.74) is 0.817. The Hall–Kier alpha value is -2.70. The van der Waals surface area contributed by atoms with Crippen LogP contribution < -0.4 is 15.8 Å². The lowest BCUT2D eigenvalue weighted by atomic mass is 10.2. The topological polar surface area (TPSA) is 91.0 Å². The van der Waals surface area contributed by atoms with Gasteiger partial charge in [-0.25, -0.2) is 4.98 Å². The number of pyridine rings is 1. The lowest BCUT2D eigenvalue weighted by molar-refractivity contribution is 0.0950. The van der Waals surface area contributed by atoms with E-state index in [1.54, 1.807) is 18.3 Å². The number of H-pyrrole nitrogens is 1. The molecule has 7 heteroatoms. The molecule has 0 aliphatic carbocycles. The Kier molecular flexibility index (Phi) is 4.13. The first kappa shape index (κ1) is 14.2. The molecule has 0 atom stereocenters. The number of amides is 1. The molecule has 7 nitrogen and oxygen atoms in total. The first-order valence-corrected chi connectivity index (χ1v) is 7.26. The van der Waals surface area contributed by atoms with Crippen LogP contribution in [0.1, 0.15) is 28.9 Å². The summed E-state index contributed by atoms with van der Waals surface area (Å²) < 4.78 is 0. The Labute approximate surface area is 127 Å². The smallest absolute Gasteiger partial charge is 0.253 e. The zero-order valence-electron chi connectivity index (χ0n) is 12.1. The molecule has 3 rings (SSSR count). The predicted molar refractivity (Wildman–Crippen MR) is 81.7 cm³/mol. The Bertz CT molecular complexity index is 707. The van der Waals surface area contributed by atoms with Gasteiger partial charge in [0.15, 0.2) is 0 Å². The number of carbonyl (C=O) groups is 1. The molecular formula is C15H17N5O2. The van der Waals surface area contributed by atoms with Gasteiger partial charge in [0.25, 0.3) is 11.5 Å². The molecule has 0 radical (unpaired) electrons. The van der Waals surface area contributed by atoms with Crippen molar-refractivity contribution in [3.63, 3.8) is 0 Å². The van der Waals surface area contributed by atoms with Crippen LogP contribution >= 0.6 is 0 Å². The molecule has 22 heavy (non-hydrogen) atoms. The molecular weight excluding hydrogens is 282 g/mol. The lowest BCUT2D eigenvalue weighted by Crippen LogP contribution is -2.27. The first-order chi connectivity index (χ1) is 10.7. The zero-order chi connectivity index (χ0) is 15.4. The van der Waals surface area contributed by atoms with Gasteiger partial charge in [0, 0.05) is 31.5 Å². The summed E-state index contributed by atoms with van der Waals surface area (Å²) >= 11 is 0. The normalized spacial score (nSPS) is 14.1. The minimum Gasteiger partial charge on any atom is -0.346 e. The maximum atomic E-state index is 12.0. The van der Waals surface area contributed by atoms with Crippen LogP contribution in [0, 0.1) is 0 Å². The van der Waals surface area contributed by atoms with Crippen molar-refractivity contribution in [2.45, 2.75) is 19.4 Å². The number of aromatic amines is 1. The number of hydrogen-bond donors (Lipinski definition) is 2. The van der Waals surface area contributed by atoms with Crippen molar-refractivity contribution >= 4 is 11.9 Å². The van der Waals surface area contributed by atoms with Crippen LogP contribution in [0.15, 0.2) is 35.4 Å². The van der Waals surface area contributed by atoms with Crippen molar-refractivity contribution in [2.75, 3.05) is 18.0 Å². The number of rotatable bonds is 4. The highest BCUT2D eigenvalue weighted by Crippen LogP contribution is 2.14. The fourth-order valence-corrected chi connectivity index (χ4v) is 2.43. The van der Waals surface area contributed by atoms with Gasteiger partial charge in [-0.2, -0.15) is 0 Å². The van der Waals surface area contributed by atoms with Gasteiger partial charge in [0.1, 0.15) is 0 Å². The summed E-state index contributed by atoms with van der Waals surface area (Å²) in [5.74, 6) is 0.341. The molecule has 1 aliphatic rings. The third-order valence-electron chi connectivity index (χ3n) is 3.54. The standard InChI is InChI=1S/C15H17N5O2/c21-13-8-12(18-15(19-13)20-6-1-2-7-20)10-17-14(22)11-4-3-5-16-9-11/h3-5,8-9H,1-2,6-7,10H2,(H,17,22)(H,18,19,21). The van der Waals surface area contributed by atoms with Gasteiger partial charge in [0.05, 0.1) is 17.8 Å². The summed E-state index contributed by atoms with van der Waals surface area (Å²) in [6.45, 7) is 2.00. The number of carbonyl (C=O) groups excluding carboxylic acids is 1. The van der Waals surface area contributed by atoms with E-state index in [4.69, 9.17) is 0 Å². The van der Waals surface area contributed by atoms with Gasteiger partial charge in [-0.15, -0.1) is 0 Å². The lowest BCUT2D eigenvalue weighted by Gasteiger charge is -2.16. The minimum atomic E-state index is -0.238. The molecule has 2 aromatic heterocycles. The molecule has 1 fully saturated rings. The molecule has 1 aliphatic heterocycles. The van der Waals surface area contributed by atoms with E-state index in [2.05, 4.69) is 20.3 Å². The molecule has 114 valence electrons. The van der Waals surface area contributed by atoms with E-state index in [9.17, 15) is 9.59 Å². The van der Waals surface area contributed by atoms with E-state index < -0.39 is 0 Å². The molecule has 0 aromatic carbocycles. The average Bonchev–Trinajstić information content (AvgIpc) is 3.07. The summed E-state index contributed by atoms with van der Waals surface area (Å²) in [4.78, 5) is 36.8.